The van der Waals surface area contributed by atoms with Crippen LogP contribution in [0.25, 0.3) is 0 Å². The first-order chi connectivity index (χ1) is 7.91. The average molecular weight is 234 g/mol. The highest BCUT2D eigenvalue weighted by molar-refractivity contribution is 4.33. The topological polar surface area (TPSA) is 36.9 Å². The van der Waals surface area contributed by atoms with Crippen LogP contribution < -0.4 is 0 Å². The molecule has 0 bridgehead atoms. The minimum Gasteiger partial charge on any atom is -0.379 e. The molecule has 4 heteroatoms. The van der Waals surface area contributed by atoms with Crippen LogP contribution in [0.4, 0.5) is 0 Å². The van der Waals surface area contributed by atoms with E-state index in [9.17, 15) is 0 Å². The molecule has 0 unspecified atom stereocenters. The maximum Gasteiger partial charge on any atom is 0.106 e. The largest absolute Gasteiger partial charge is 0.379 e. The molecular formula is C12H26O4. The highest BCUT2D eigenvalue weighted by atomic mass is 17.2. The summed E-state index contributed by atoms with van der Waals surface area (Å²) in [5, 5.41) is 0. The quantitative estimate of drug-likeness (QED) is 0.279. The minimum atomic E-state index is 0.485. The molecule has 0 radical (unpaired) electrons. The lowest BCUT2D eigenvalue weighted by Gasteiger charge is -2.05. The smallest absolute Gasteiger partial charge is 0.106 e. The van der Waals surface area contributed by atoms with Crippen LogP contribution in [0.5, 0.6) is 0 Å². The molecule has 0 aromatic heterocycles. The van der Waals surface area contributed by atoms with Crippen LogP contribution in [0, 0.1) is 0 Å². The van der Waals surface area contributed by atoms with Crippen molar-refractivity contribution >= 4 is 0 Å². The molecule has 0 aromatic carbocycles. The van der Waals surface area contributed by atoms with Gasteiger partial charge in [-0.25, -0.2) is 9.78 Å². The van der Waals surface area contributed by atoms with Crippen LogP contribution in [-0.2, 0) is 19.2 Å². The Morgan fingerprint density at radius 2 is 1.00 bits per heavy atom. The predicted octanol–water partition coefficient (Wildman–Crippen LogP) is 2.57. The fourth-order valence-corrected chi connectivity index (χ4v) is 1.00. The van der Waals surface area contributed by atoms with Gasteiger partial charge in [0.1, 0.15) is 13.2 Å². The number of unbranched alkanes of at least 4 members (excludes halogenated alkanes) is 2. The number of ether oxygens (including phenoxy) is 2. The average Bonchev–Trinajstić information content (AvgIpc) is 2.31. The molecule has 0 aliphatic rings. The summed E-state index contributed by atoms with van der Waals surface area (Å²) in [6.07, 6.45) is 4.52. The summed E-state index contributed by atoms with van der Waals surface area (Å²) in [6.45, 7) is 8.05. The molecular weight excluding hydrogens is 208 g/mol. The lowest BCUT2D eigenvalue weighted by Crippen LogP contribution is -2.09. The zero-order valence-corrected chi connectivity index (χ0v) is 10.7. The fraction of sp³-hybridized carbons (Fsp3) is 1.00. The monoisotopic (exact) mass is 234 g/mol. The molecule has 0 aliphatic heterocycles. The van der Waals surface area contributed by atoms with E-state index in [-0.39, 0.29) is 0 Å². The van der Waals surface area contributed by atoms with Gasteiger partial charge in [-0.05, 0) is 12.8 Å². The Kier molecular flexibility index (Phi) is 14.7. The van der Waals surface area contributed by atoms with E-state index in [1.807, 2.05) is 0 Å². The molecule has 0 heterocycles. The van der Waals surface area contributed by atoms with Crippen molar-refractivity contribution in [3.05, 3.63) is 0 Å². The van der Waals surface area contributed by atoms with Crippen molar-refractivity contribution in [3.8, 4) is 0 Å². The maximum absolute atomic E-state index is 5.30. The first-order valence-electron chi connectivity index (χ1n) is 6.31. The summed E-state index contributed by atoms with van der Waals surface area (Å²) >= 11 is 0. The highest BCUT2D eigenvalue weighted by Crippen LogP contribution is 1.89. The van der Waals surface area contributed by atoms with Gasteiger partial charge in [-0.2, -0.15) is 0 Å². The van der Waals surface area contributed by atoms with Crippen LogP contribution in [0.15, 0.2) is 0 Å². The summed E-state index contributed by atoms with van der Waals surface area (Å²) in [5.41, 5.74) is 0. The van der Waals surface area contributed by atoms with Gasteiger partial charge in [0.2, 0.25) is 0 Å². The Balaban J connectivity index is 2.83. The van der Waals surface area contributed by atoms with Gasteiger partial charge in [-0.3, -0.25) is 0 Å². The molecule has 0 atom stereocenters. The van der Waals surface area contributed by atoms with Gasteiger partial charge in [0, 0.05) is 13.2 Å². The van der Waals surface area contributed by atoms with Gasteiger partial charge >= 0.3 is 0 Å². The molecule has 98 valence electrons. The zero-order chi connectivity index (χ0) is 11.9. The van der Waals surface area contributed by atoms with E-state index in [1.54, 1.807) is 0 Å². The second-order valence-electron chi connectivity index (χ2n) is 3.58. The van der Waals surface area contributed by atoms with E-state index in [2.05, 4.69) is 13.8 Å². The van der Waals surface area contributed by atoms with Crippen LogP contribution in [0.3, 0.4) is 0 Å². The Morgan fingerprint density at radius 3 is 1.38 bits per heavy atom. The molecule has 0 aromatic rings. The number of hydrogen-bond donors (Lipinski definition) is 0. The van der Waals surface area contributed by atoms with Crippen LogP contribution in [-0.4, -0.2) is 39.6 Å². The van der Waals surface area contributed by atoms with E-state index in [1.165, 1.54) is 0 Å². The van der Waals surface area contributed by atoms with Crippen molar-refractivity contribution in [1.82, 2.24) is 0 Å². The molecule has 0 amide bonds. The molecule has 0 aliphatic carbocycles. The van der Waals surface area contributed by atoms with Crippen LogP contribution >= 0.6 is 0 Å². The van der Waals surface area contributed by atoms with Crippen LogP contribution in [0.2, 0.25) is 0 Å². The maximum atomic E-state index is 5.30. The van der Waals surface area contributed by atoms with Crippen molar-refractivity contribution < 1.29 is 19.2 Å². The molecule has 0 fully saturated rings. The summed E-state index contributed by atoms with van der Waals surface area (Å²) in [4.78, 5) is 9.83. The summed E-state index contributed by atoms with van der Waals surface area (Å²) in [7, 11) is 0. The minimum absolute atomic E-state index is 0.485. The van der Waals surface area contributed by atoms with E-state index in [4.69, 9.17) is 19.2 Å². The molecule has 0 spiro atoms. The van der Waals surface area contributed by atoms with Crippen molar-refractivity contribution in [2.75, 3.05) is 39.6 Å². The summed E-state index contributed by atoms with van der Waals surface area (Å²) in [5.74, 6) is 0. The van der Waals surface area contributed by atoms with Gasteiger partial charge in [-0.1, -0.05) is 26.7 Å². The molecule has 4 nitrogen and oxygen atoms in total. The van der Waals surface area contributed by atoms with Crippen molar-refractivity contribution in [1.29, 1.82) is 0 Å². The highest BCUT2D eigenvalue weighted by Gasteiger charge is 1.92. The lowest BCUT2D eigenvalue weighted by molar-refractivity contribution is -0.303. The second-order valence-corrected chi connectivity index (χ2v) is 3.58. The van der Waals surface area contributed by atoms with Gasteiger partial charge < -0.3 is 9.47 Å². The van der Waals surface area contributed by atoms with E-state index >= 15 is 0 Å². The predicted molar refractivity (Wildman–Crippen MR) is 63.4 cm³/mol. The molecule has 16 heavy (non-hydrogen) atoms. The number of rotatable bonds is 13. The van der Waals surface area contributed by atoms with Crippen LogP contribution in [0.1, 0.15) is 39.5 Å². The Morgan fingerprint density at radius 1 is 0.562 bits per heavy atom. The van der Waals surface area contributed by atoms with Crippen molar-refractivity contribution in [2.24, 2.45) is 0 Å². The first kappa shape index (κ1) is 15.8. The Bertz CT molecular complexity index is 106. The SMILES string of the molecule is CCCCOCCOOCCOCCCC. The first-order valence-corrected chi connectivity index (χ1v) is 6.31. The third kappa shape index (κ3) is 13.8. The van der Waals surface area contributed by atoms with E-state index in [0.29, 0.717) is 26.4 Å². The van der Waals surface area contributed by atoms with Gasteiger partial charge in [0.25, 0.3) is 0 Å². The van der Waals surface area contributed by atoms with Gasteiger partial charge in [-0.15, -0.1) is 0 Å². The second kappa shape index (κ2) is 14.8. The third-order valence-electron chi connectivity index (χ3n) is 1.99. The molecule has 0 saturated carbocycles. The third-order valence-corrected chi connectivity index (χ3v) is 1.99. The number of hydrogen-bond acceptors (Lipinski definition) is 4. The van der Waals surface area contributed by atoms with E-state index < -0.39 is 0 Å². The van der Waals surface area contributed by atoms with Gasteiger partial charge in [0.05, 0.1) is 13.2 Å². The normalized spacial score (nSPS) is 10.9. The van der Waals surface area contributed by atoms with E-state index in [0.717, 1.165) is 38.9 Å². The molecule has 0 rings (SSSR count). The summed E-state index contributed by atoms with van der Waals surface area (Å²) in [6, 6.07) is 0. The van der Waals surface area contributed by atoms with Crippen molar-refractivity contribution in [3.63, 3.8) is 0 Å². The molecule has 0 saturated heterocycles. The Hall–Kier alpha value is -0.160. The fourth-order valence-electron chi connectivity index (χ4n) is 1.00. The standard InChI is InChI=1S/C12H26O4/c1-3-5-7-13-9-11-15-16-12-10-14-8-6-4-2/h3-12H2,1-2H3. The lowest BCUT2D eigenvalue weighted by atomic mass is 10.4. The molecule has 0 N–H and O–H groups in total. The Labute approximate surface area is 99.1 Å². The van der Waals surface area contributed by atoms with Gasteiger partial charge in [0.15, 0.2) is 0 Å². The van der Waals surface area contributed by atoms with Crippen molar-refractivity contribution in [2.45, 2.75) is 39.5 Å². The zero-order valence-electron chi connectivity index (χ0n) is 10.7. The summed E-state index contributed by atoms with van der Waals surface area (Å²) < 4.78 is 10.6.